The van der Waals surface area contributed by atoms with Gasteiger partial charge in [-0.3, -0.25) is 0 Å². The Bertz CT molecular complexity index is 984. The average molecular weight is 392 g/mol. The number of aromatic nitrogens is 2. The third-order valence-corrected chi connectivity index (χ3v) is 7.66. The second-order valence-corrected chi connectivity index (χ2v) is 10.1. The minimum Gasteiger partial charge on any atom is -0.412 e. The molecule has 0 unspecified atom stereocenters. The molecule has 6 nitrogen and oxygen atoms in total. The van der Waals surface area contributed by atoms with E-state index in [1.54, 1.807) is 0 Å². The van der Waals surface area contributed by atoms with E-state index in [0.717, 1.165) is 48.9 Å². The zero-order chi connectivity index (χ0) is 19.8. The molecule has 2 saturated carbocycles. The molecule has 2 aromatic rings. The van der Waals surface area contributed by atoms with Gasteiger partial charge in [-0.25, -0.2) is 4.98 Å². The Kier molecular flexibility index (Phi) is 3.91. The number of H-pyrrole nitrogens is 1. The molecule has 2 aliphatic carbocycles. The van der Waals surface area contributed by atoms with Crippen molar-refractivity contribution in [1.29, 1.82) is 0 Å². The minimum atomic E-state index is -0.553. The van der Waals surface area contributed by atoms with E-state index in [0.29, 0.717) is 23.7 Å². The zero-order valence-electron chi connectivity index (χ0n) is 17.3. The van der Waals surface area contributed by atoms with Crippen molar-refractivity contribution in [2.24, 2.45) is 28.8 Å². The molecule has 0 amide bonds. The largest absolute Gasteiger partial charge is 0.471 e. The Balaban J connectivity index is 1.51. The van der Waals surface area contributed by atoms with Crippen LogP contribution in [0.5, 0.6) is 0 Å². The Morgan fingerprint density at radius 2 is 2.24 bits per heavy atom. The first-order chi connectivity index (χ1) is 14.0. The van der Waals surface area contributed by atoms with E-state index in [1.807, 2.05) is 19.3 Å². The molecule has 4 aliphatic rings. The topological polar surface area (TPSA) is 73.7 Å². The zero-order valence-corrected chi connectivity index (χ0v) is 17.3. The van der Waals surface area contributed by atoms with Gasteiger partial charge in [-0.15, -0.1) is 0 Å². The van der Waals surface area contributed by atoms with Gasteiger partial charge >= 0.3 is 7.05 Å². The van der Waals surface area contributed by atoms with Crippen LogP contribution in [0.3, 0.4) is 0 Å². The smallest absolute Gasteiger partial charge is 0.412 e. The molecular formula is C22H29BN4O2. The van der Waals surface area contributed by atoms with E-state index >= 15 is 0 Å². The monoisotopic (exact) mass is 392 g/mol. The van der Waals surface area contributed by atoms with Gasteiger partial charge in [0.05, 0.1) is 11.3 Å². The second-order valence-electron chi connectivity index (χ2n) is 10.1. The van der Waals surface area contributed by atoms with Gasteiger partial charge in [0.1, 0.15) is 5.65 Å². The molecule has 1 saturated heterocycles. The van der Waals surface area contributed by atoms with Crippen LogP contribution in [0.15, 0.2) is 23.6 Å². The number of aliphatic hydroxyl groups is 1. The fraction of sp³-hybridized carbons (Fsp3) is 0.636. The second kappa shape index (κ2) is 6.32. The summed E-state index contributed by atoms with van der Waals surface area (Å²) in [5.41, 5.74) is 3.93. The summed E-state index contributed by atoms with van der Waals surface area (Å²) in [6, 6.07) is 2.13. The maximum atomic E-state index is 10.9. The molecular weight excluding hydrogens is 363 g/mol. The van der Waals surface area contributed by atoms with Gasteiger partial charge in [0.15, 0.2) is 0 Å². The van der Waals surface area contributed by atoms with E-state index in [-0.39, 0.29) is 7.05 Å². The number of aromatic amines is 1. The average Bonchev–Trinajstić information content (AvgIpc) is 3.15. The van der Waals surface area contributed by atoms with Crippen molar-refractivity contribution in [1.82, 2.24) is 14.9 Å². The molecule has 4 heterocycles. The van der Waals surface area contributed by atoms with Crippen LogP contribution in [0.4, 0.5) is 0 Å². The summed E-state index contributed by atoms with van der Waals surface area (Å²) in [4.78, 5) is 10.1. The lowest BCUT2D eigenvalue weighted by atomic mass is 9.56. The van der Waals surface area contributed by atoms with Crippen molar-refractivity contribution in [2.75, 3.05) is 13.2 Å². The number of rotatable bonds is 1. The van der Waals surface area contributed by atoms with E-state index in [9.17, 15) is 5.11 Å². The van der Waals surface area contributed by atoms with Gasteiger partial charge in [0.25, 0.3) is 0 Å². The fourth-order valence-electron chi connectivity index (χ4n) is 6.84. The maximum absolute atomic E-state index is 10.9. The molecule has 0 spiro atoms. The first kappa shape index (κ1) is 18.0. The highest BCUT2D eigenvalue weighted by Crippen LogP contribution is 2.51. The lowest BCUT2D eigenvalue weighted by Crippen LogP contribution is -2.58. The predicted octanol–water partition coefficient (Wildman–Crippen LogP) is 2.52. The molecule has 2 bridgehead atoms. The maximum Gasteiger partial charge on any atom is 0.471 e. The number of nitrogens with zero attached hydrogens (tertiary/aromatic N) is 3. The molecule has 6 rings (SSSR count). The predicted molar refractivity (Wildman–Crippen MR) is 114 cm³/mol. The van der Waals surface area contributed by atoms with E-state index < -0.39 is 5.60 Å². The third-order valence-electron chi connectivity index (χ3n) is 7.66. The standard InChI is InChI=1S/C22H29BN4O2/c1-13-8-14-9-15(11-22(2,28)10-14)18(13)20-19-16-4-5-24-21(16)25-12-17(19)23-27(26-20)6-3-7-29-23/h4-5,12-15,18,28H,3,6-11H2,1-2H3,(H,24,25)/t13-,14-,15-,18-,22-/m1/s1. The molecule has 3 fully saturated rings. The number of hydrogen-bond acceptors (Lipinski definition) is 5. The summed E-state index contributed by atoms with van der Waals surface area (Å²) in [5.74, 6) is 2.03. The number of pyridine rings is 1. The van der Waals surface area contributed by atoms with Crippen LogP contribution in [0.25, 0.3) is 11.0 Å². The van der Waals surface area contributed by atoms with Crippen molar-refractivity contribution in [3.8, 4) is 0 Å². The fourth-order valence-corrected chi connectivity index (χ4v) is 6.84. The lowest BCUT2D eigenvalue weighted by Gasteiger charge is -2.50. The van der Waals surface area contributed by atoms with Crippen LogP contribution in [0.2, 0.25) is 0 Å². The number of hydrogen-bond donors (Lipinski definition) is 2. The van der Waals surface area contributed by atoms with Crippen LogP contribution in [0, 0.1) is 23.7 Å². The Labute approximate surface area is 171 Å². The van der Waals surface area contributed by atoms with E-state index in [4.69, 9.17) is 9.76 Å². The summed E-state index contributed by atoms with van der Waals surface area (Å²) >= 11 is 0. The summed E-state index contributed by atoms with van der Waals surface area (Å²) in [6.45, 7) is 6.10. The van der Waals surface area contributed by atoms with Crippen LogP contribution >= 0.6 is 0 Å². The third kappa shape index (κ3) is 2.77. The van der Waals surface area contributed by atoms with Crippen LogP contribution in [-0.2, 0) is 4.65 Å². The van der Waals surface area contributed by atoms with Gasteiger partial charge in [0.2, 0.25) is 0 Å². The van der Waals surface area contributed by atoms with Crippen LogP contribution in [0.1, 0.15) is 51.5 Å². The number of fused-ring (bicyclic) bond motifs is 7. The molecule has 2 aromatic heterocycles. The van der Waals surface area contributed by atoms with Crippen LogP contribution in [-0.4, -0.2) is 51.5 Å². The minimum absolute atomic E-state index is 0.129. The quantitative estimate of drug-likeness (QED) is 0.732. The van der Waals surface area contributed by atoms with E-state index in [1.165, 1.54) is 24.1 Å². The molecule has 0 aromatic carbocycles. The summed E-state index contributed by atoms with van der Waals surface area (Å²) in [6.07, 6.45) is 9.15. The molecule has 0 radical (unpaired) electrons. The molecule has 152 valence electrons. The number of hydrazone groups is 1. The first-order valence-corrected chi connectivity index (χ1v) is 11.2. The Morgan fingerprint density at radius 3 is 3.14 bits per heavy atom. The molecule has 2 aliphatic heterocycles. The van der Waals surface area contributed by atoms with Gasteiger partial charge in [-0.1, -0.05) is 6.92 Å². The molecule has 29 heavy (non-hydrogen) atoms. The van der Waals surface area contributed by atoms with Crippen molar-refractivity contribution in [3.63, 3.8) is 0 Å². The van der Waals surface area contributed by atoms with Crippen molar-refractivity contribution >= 4 is 29.3 Å². The van der Waals surface area contributed by atoms with Crippen molar-refractivity contribution in [3.05, 3.63) is 24.0 Å². The van der Waals surface area contributed by atoms with Gasteiger partial charge in [-0.2, -0.15) is 5.10 Å². The lowest BCUT2D eigenvalue weighted by molar-refractivity contribution is -0.0565. The van der Waals surface area contributed by atoms with Gasteiger partial charge < -0.3 is 19.7 Å². The highest BCUT2D eigenvalue weighted by Gasteiger charge is 2.49. The molecule has 2 N–H and O–H groups in total. The number of nitrogens with one attached hydrogen (secondary N) is 1. The SMILES string of the molecule is C[C@@H]1C[C@@H]2C[C@H](C[C@](C)(O)C2)[C@@H]1C1=NN2CCCOB2c2cnc3[nH]ccc3c21. The summed E-state index contributed by atoms with van der Waals surface area (Å²) < 4.78 is 6.14. The van der Waals surface area contributed by atoms with Gasteiger partial charge in [0, 0.05) is 47.9 Å². The van der Waals surface area contributed by atoms with Crippen molar-refractivity contribution < 1.29 is 9.76 Å². The van der Waals surface area contributed by atoms with Gasteiger partial charge in [-0.05, 0) is 62.8 Å². The highest BCUT2D eigenvalue weighted by molar-refractivity contribution is 6.67. The molecule has 5 atom stereocenters. The van der Waals surface area contributed by atoms with Crippen LogP contribution < -0.4 is 5.46 Å². The Hall–Kier alpha value is -1.86. The summed E-state index contributed by atoms with van der Waals surface area (Å²) in [5, 5.41) is 17.3. The normalized spacial score (nSPS) is 36.6. The summed E-state index contributed by atoms with van der Waals surface area (Å²) in [7, 11) is -0.129. The first-order valence-electron chi connectivity index (χ1n) is 11.2. The van der Waals surface area contributed by atoms with Crippen molar-refractivity contribution in [2.45, 2.75) is 51.6 Å². The Morgan fingerprint density at radius 1 is 1.34 bits per heavy atom. The van der Waals surface area contributed by atoms with E-state index in [2.05, 4.69) is 27.9 Å². The highest BCUT2D eigenvalue weighted by atomic mass is 16.4. The molecule has 7 heteroatoms.